The van der Waals surface area contributed by atoms with Gasteiger partial charge in [-0.1, -0.05) is 32.0 Å². The minimum Gasteiger partial charge on any atom is -0.478 e. The largest absolute Gasteiger partial charge is 0.478 e. The molecule has 0 unspecified atom stereocenters. The molecular weight excluding hydrogens is 452 g/mol. The number of carboxylic acid groups (broad SMARTS) is 1. The lowest BCUT2D eigenvalue weighted by molar-refractivity contribution is 0.0697. The number of benzene rings is 2. The second-order valence-corrected chi connectivity index (χ2v) is 10.2. The lowest BCUT2D eigenvalue weighted by atomic mass is 10.0. The van der Waals surface area contributed by atoms with Crippen molar-refractivity contribution in [2.24, 2.45) is 0 Å². The first-order chi connectivity index (χ1) is 16.2. The summed E-state index contributed by atoms with van der Waals surface area (Å²) in [6.45, 7) is 6.78. The molecule has 2 N–H and O–H groups in total. The highest BCUT2D eigenvalue weighted by Crippen LogP contribution is 2.31. The van der Waals surface area contributed by atoms with E-state index in [1.165, 1.54) is 12.1 Å². The molecule has 3 aromatic rings. The average molecular weight is 481 g/mol. The minimum absolute atomic E-state index is 0.0173. The lowest BCUT2D eigenvalue weighted by Gasteiger charge is -2.37. The van der Waals surface area contributed by atoms with Crippen LogP contribution in [0.1, 0.15) is 35.7 Å². The Labute approximate surface area is 199 Å². The molecule has 178 valence electrons. The summed E-state index contributed by atoms with van der Waals surface area (Å²) >= 11 is 0. The molecule has 1 aliphatic heterocycles. The number of aromatic carboxylic acids is 1. The second-order valence-electron chi connectivity index (χ2n) is 8.53. The van der Waals surface area contributed by atoms with E-state index in [0.29, 0.717) is 31.9 Å². The predicted molar refractivity (Wildman–Crippen MR) is 133 cm³/mol. The van der Waals surface area contributed by atoms with Crippen LogP contribution >= 0.6 is 0 Å². The molecule has 2 aromatic carbocycles. The van der Waals surface area contributed by atoms with Crippen LogP contribution < -0.4 is 14.5 Å². The van der Waals surface area contributed by atoms with E-state index >= 15 is 0 Å². The van der Waals surface area contributed by atoms with Gasteiger partial charge in [-0.2, -0.15) is 0 Å². The van der Waals surface area contributed by atoms with Crippen molar-refractivity contribution >= 4 is 33.2 Å². The molecule has 0 atom stereocenters. The van der Waals surface area contributed by atoms with Crippen LogP contribution in [0.25, 0.3) is 0 Å². The summed E-state index contributed by atoms with van der Waals surface area (Å²) in [5.41, 5.74) is 1.95. The SMILES string of the molecule is CC(C)c1ccc(S(=O)(=O)Nc2cc(C(=O)O)ccc2N2CCN(c3ccccn3)CC2)cc1. The lowest BCUT2D eigenvalue weighted by Crippen LogP contribution is -2.47. The number of nitrogens with zero attached hydrogens (tertiary/aromatic N) is 3. The maximum absolute atomic E-state index is 13.1. The van der Waals surface area contributed by atoms with E-state index in [1.807, 2.05) is 32.0 Å². The van der Waals surface area contributed by atoms with E-state index in [4.69, 9.17) is 0 Å². The fourth-order valence-electron chi connectivity index (χ4n) is 3.98. The van der Waals surface area contributed by atoms with Crippen LogP contribution in [-0.4, -0.2) is 50.7 Å². The summed E-state index contributed by atoms with van der Waals surface area (Å²) in [7, 11) is -3.90. The van der Waals surface area contributed by atoms with Gasteiger partial charge in [0.15, 0.2) is 0 Å². The monoisotopic (exact) mass is 480 g/mol. The maximum Gasteiger partial charge on any atom is 0.335 e. The zero-order valence-corrected chi connectivity index (χ0v) is 20.0. The third kappa shape index (κ3) is 5.14. The second kappa shape index (κ2) is 9.72. The van der Waals surface area contributed by atoms with Gasteiger partial charge < -0.3 is 14.9 Å². The van der Waals surface area contributed by atoms with Crippen LogP contribution in [0.2, 0.25) is 0 Å². The number of carboxylic acids is 1. The first-order valence-corrected chi connectivity index (χ1v) is 12.6. The van der Waals surface area contributed by atoms with Gasteiger partial charge in [0, 0.05) is 32.4 Å². The van der Waals surface area contributed by atoms with Gasteiger partial charge in [-0.05, 0) is 53.9 Å². The molecule has 0 bridgehead atoms. The average Bonchev–Trinajstić information content (AvgIpc) is 2.84. The first-order valence-electron chi connectivity index (χ1n) is 11.2. The summed E-state index contributed by atoms with van der Waals surface area (Å²) in [4.78, 5) is 20.3. The number of hydrogen-bond donors (Lipinski definition) is 2. The Kier molecular flexibility index (Phi) is 6.74. The van der Waals surface area contributed by atoms with Crippen molar-refractivity contribution in [1.82, 2.24) is 4.98 Å². The maximum atomic E-state index is 13.1. The minimum atomic E-state index is -3.90. The number of piperazine rings is 1. The van der Waals surface area contributed by atoms with E-state index in [0.717, 1.165) is 11.4 Å². The van der Waals surface area contributed by atoms with E-state index in [1.54, 1.807) is 36.5 Å². The zero-order valence-electron chi connectivity index (χ0n) is 19.2. The Hall–Kier alpha value is -3.59. The molecule has 0 radical (unpaired) electrons. The summed E-state index contributed by atoms with van der Waals surface area (Å²) in [5, 5.41) is 9.46. The highest BCUT2D eigenvalue weighted by Gasteiger charge is 2.24. The third-order valence-electron chi connectivity index (χ3n) is 5.94. The molecule has 2 heterocycles. The number of hydrogen-bond acceptors (Lipinski definition) is 6. The molecule has 0 spiro atoms. The topological polar surface area (TPSA) is 103 Å². The normalized spacial score (nSPS) is 14.3. The van der Waals surface area contributed by atoms with Crippen molar-refractivity contribution in [1.29, 1.82) is 0 Å². The molecule has 1 aliphatic rings. The highest BCUT2D eigenvalue weighted by molar-refractivity contribution is 7.92. The molecule has 8 nitrogen and oxygen atoms in total. The Morgan fingerprint density at radius 2 is 1.65 bits per heavy atom. The van der Waals surface area contributed by atoms with Crippen LogP contribution in [0.5, 0.6) is 0 Å². The number of carbonyl (C=O) groups is 1. The fourth-order valence-corrected chi connectivity index (χ4v) is 5.04. The van der Waals surface area contributed by atoms with Gasteiger partial charge in [-0.15, -0.1) is 0 Å². The third-order valence-corrected chi connectivity index (χ3v) is 7.32. The molecule has 4 rings (SSSR count). The van der Waals surface area contributed by atoms with Gasteiger partial charge in [0.25, 0.3) is 10.0 Å². The van der Waals surface area contributed by atoms with Gasteiger partial charge in [-0.25, -0.2) is 18.2 Å². The van der Waals surface area contributed by atoms with Crippen molar-refractivity contribution in [2.45, 2.75) is 24.7 Å². The summed E-state index contributed by atoms with van der Waals surface area (Å²) in [6, 6.07) is 17.1. The smallest absolute Gasteiger partial charge is 0.335 e. The van der Waals surface area contributed by atoms with Crippen LogP contribution in [0.3, 0.4) is 0 Å². The van der Waals surface area contributed by atoms with Gasteiger partial charge in [0.05, 0.1) is 21.8 Å². The van der Waals surface area contributed by atoms with Gasteiger partial charge in [0.1, 0.15) is 5.82 Å². The molecule has 1 fully saturated rings. The predicted octanol–water partition coefficient (Wildman–Crippen LogP) is 4.03. The van der Waals surface area contributed by atoms with Crippen molar-refractivity contribution in [3.8, 4) is 0 Å². The Morgan fingerprint density at radius 1 is 0.971 bits per heavy atom. The Morgan fingerprint density at radius 3 is 2.24 bits per heavy atom. The molecule has 34 heavy (non-hydrogen) atoms. The van der Waals surface area contributed by atoms with Crippen LogP contribution in [-0.2, 0) is 10.0 Å². The van der Waals surface area contributed by atoms with Crippen molar-refractivity contribution < 1.29 is 18.3 Å². The fraction of sp³-hybridized carbons (Fsp3) is 0.280. The summed E-state index contributed by atoms with van der Waals surface area (Å²) < 4.78 is 28.9. The number of sulfonamides is 1. The number of pyridine rings is 1. The van der Waals surface area contributed by atoms with Crippen LogP contribution in [0.15, 0.2) is 71.8 Å². The Bertz CT molecular complexity index is 1250. The van der Waals surface area contributed by atoms with E-state index in [9.17, 15) is 18.3 Å². The zero-order chi connectivity index (χ0) is 24.3. The van der Waals surface area contributed by atoms with E-state index < -0.39 is 16.0 Å². The molecule has 9 heteroatoms. The summed E-state index contributed by atoms with van der Waals surface area (Å²) in [6.07, 6.45) is 1.76. The molecule has 0 saturated carbocycles. The van der Waals surface area contributed by atoms with Crippen LogP contribution in [0, 0.1) is 0 Å². The number of anilines is 3. The highest BCUT2D eigenvalue weighted by atomic mass is 32.2. The summed E-state index contributed by atoms with van der Waals surface area (Å²) in [5.74, 6) is 0.0655. The van der Waals surface area contributed by atoms with E-state index in [-0.39, 0.29) is 22.1 Å². The number of aromatic nitrogens is 1. The van der Waals surface area contributed by atoms with E-state index in [2.05, 4.69) is 19.5 Å². The van der Waals surface area contributed by atoms with Crippen molar-refractivity contribution in [2.75, 3.05) is 40.7 Å². The van der Waals surface area contributed by atoms with Crippen molar-refractivity contribution in [3.63, 3.8) is 0 Å². The van der Waals surface area contributed by atoms with Crippen molar-refractivity contribution in [3.05, 3.63) is 78.0 Å². The standard InChI is InChI=1S/C25H28N4O4S/c1-18(2)19-6-9-21(10-7-19)34(32,33)27-22-17-20(25(30)31)8-11-23(22)28-13-15-29(16-14-28)24-5-3-4-12-26-24/h3-12,17-18,27H,13-16H2,1-2H3,(H,30,31). The Balaban J connectivity index is 1.59. The molecule has 1 aromatic heterocycles. The number of nitrogens with one attached hydrogen (secondary N) is 1. The van der Waals surface area contributed by atoms with Crippen LogP contribution in [0.4, 0.5) is 17.2 Å². The van der Waals surface area contributed by atoms with Gasteiger partial charge in [-0.3, -0.25) is 4.72 Å². The molecule has 1 saturated heterocycles. The quantitative estimate of drug-likeness (QED) is 0.526. The van der Waals surface area contributed by atoms with Gasteiger partial charge >= 0.3 is 5.97 Å². The number of rotatable bonds is 7. The molecule has 0 amide bonds. The molecule has 0 aliphatic carbocycles. The first kappa shape index (κ1) is 23.6. The molecular formula is C25H28N4O4S. The van der Waals surface area contributed by atoms with Gasteiger partial charge in [0.2, 0.25) is 0 Å².